The van der Waals surface area contributed by atoms with Gasteiger partial charge in [-0.05, 0) is 47.2 Å². The standard InChI is InChI=1S/C22H16F4N6O/c1-11-6-19-29-30-31-32(19)21(15-4-3-14(9-16(15)23)22(24,25)26)20(11)18(33)8-12-2-5-17-13(7-12)10-27-28-17/h2-5,7,9-10,21H,6,8H2,1H3,(H,27,28). The van der Waals surface area contributed by atoms with Gasteiger partial charge in [0.25, 0.3) is 0 Å². The Balaban J connectivity index is 1.56. The monoisotopic (exact) mass is 456 g/mol. The lowest BCUT2D eigenvalue weighted by Gasteiger charge is -2.28. The highest BCUT2D eigenvalue weighted by molar-refractivity contribution is 5.99. The van der Waals surface area contributed by atoms with Gasteiger partial charge >= 0.3 is 6.18 Å². The van der Waals surface area contributed by atoms with Gasteiger partial charge in [-0.2, -0.15) is 18.3 Å². The SMILES string of the molecule is CC1=C(C(=O)Cc2ccc3[nH]ncc3c2)C(c2ccc(C(F)(F)F)cc2F)n2nnnc2C1. The molecule has 0 amide bonds. The minimum atomic E-state index is -4.69. The zero-order valence-corrected chi connectivity index (χ0v) is 17.2. The summed E-state index contributed by atoms with van der Waals surface area (Å²) in [6.07, 6.45) is -2.76. The first-order valence-corrected chi connectivity index (χ1v) is 10.0. The van der Waals surface area contributed by atoms with Crippen molar-refractivity contribution in [2.45, 2.75) is 32.0 Å². The Labute approximate surface area is 184 Å². The molecule has 0 saturated carbocycles. The molecular weight excluding hydrogens is 440 g/mol. The fourth-order valence-corrected chi connectivity index (χ4v) is 4.20. The number of benzene rings is 2. The summed E-state index contributed by atoms with van der Waals surface area (Å²) in [4.78, 5) is 13.4. The molecular formula is C22H16F4N6O. The van der Waals surface area contributed by atoms with E-state index >= 15 is 0 Å². The van der Waals surface area contributed by atoms with Crippen molar-refractivity contribution in [3.8, 4) is 0 Å². The van der Waals surface area contributed by atoms with Gasteiger partial charge in [0.05, 0.1) is 17.3 Å². The second-order valence-corrected chi connectivity index (χ2v) is 7.94. The van der Waals surface area contributed by atoms with Gasteiger partial charge in [0.15, 0.2) is 11.6 Å². The van der Waals surface area contributed by atoms with Crippen molar-refractivity contribution < 1.29 is 22.4 Å². The minimum absolute atomic E-state index is 0.0179. The number of hydrogen-bond acceptors (Lipinski definition) is 5. The van der Waals surface area contributed by atoms with Crippen molar-refractivity contribution in [3.05, 3.63) is 82.1 Å². The molecule has 1 aliphatic heterocycles. The second-order valence-electron chi connectivity index (χ2n) is 7.94. The molecule has 2 aromatic carbocycles. The first-order chi connectivity index (χ1) is 15.7. The van der Waals surface area contributed by atoms with Crippen molar-refractivity contribution >= 4 is 16.7 Å². The van der Waals surface area contributed by atoms with Crippen LogP contribution in [-0.4, -0.2) is 36.2 Å². The predicted molar refractivity (Wildman–Crippen MR) is 109 cm³/mol. The third-order valence-corrected chi connectivity index (χ3v) is 5.75. The van der Waals surface area contributed by atoms with Crippen LogP contribution in [0.2, 0.25) is 0 Å². The average Bonchev–Trinajstić information content (AvgIpc) is 3.40. The van der Waals surface area contributed by atoms with Crippen LogP contribution in [0.3, 0.4) is 0 Å². The fourth-order valence-electron chi connectivity index (χ4n) is 4.20. The van der Waals surface area contributed by atoms with Gasteiger partial charge in [-0.3, -0.25) is 9.89 Å². The van der Waals surface area contributed by atoms with Gasteiger partial charge in [-0.25, -0.2) is 9.07 Å². The first-order valence-electron chi connectivity index (χ1n) is 10.0. The largest absolute Gasteiger partial charge is 0.416 e. The maximum atomic E-state index is 15.0. The molecule has 1 N–H and O–H groups in total. The molecule has 4 aromatic rings. The number of hydrogen-bond donors (Lipinski definition) is 1. The predicted octanol–water partition coefficient (Wildman–Crippen LogP) is 3.98. The minimum Gasteiger partial charge on any atom is -0.294 e. The number of nitrogens with one attached hydrogen (secondary N) is 1. The number of allylic oxidation sites excluding steroid dienone is 2. The summed E-state index contributed by atoms with van der Waals surface area (Å²) in [6.45, 7) is 1.72. The van der Waals surface area contributed by atoms with Crippen molar-refractivity contribution in [1.82, 2.24) is 30.4 Å². The molecule has 2 aromatic heterocycles. The lowest BCUT2D eigenvalue weighted by atomic mass is 9.85. The molecule has 0 spiro atoms. The van der Waals surface area contributed by atoms with Crippen molar-refractivity contribution in [2.24, 2.45) is 0 Å². The van der Waals surface area contributed by atoms with Gasteiger partial charge in [-0.15, -0.1) is 5.10 Å². The molecule has 7 nitrogen and oxygen atoms in total. The number of aromatic amines is 1. The Bertz CT molecular complexity index is 1420. The van der Waals surface area contributed by atoms with Crippen molar-refractivity contribution in [3.63, 3.8) is 0 Å². The highest BCUT2D eigenvalue weighted by atomic mass is 19.4. The Kier molecular flexibility index (Phi) is 4.84. The molecule has 1 unspecified atom stereocenters. The van der Waals surface area contributed by atoms with Crippen LogP contribution in [0.15, 0.2) is 53.7 Å². The van der Waals surface area contributed by atoms with Crippen LogP contribution in [0.5, 0.6) is 0 Å². The highest BCUT2D eigenvalue weighted by Gasteiger charge is 2.37. The molecule has 1 aliphatic rings. The summed E-state index contributed by atoms with van der Waals surface area (Å²) in [7, 11) is 0. The number of carbonyl (C=O) groups excluding carboxylic acids is 1. The summed E-state index contributed by atoms with van der Waals surface area (Å²) in [6, 6.07) is 6.60. The third kappa shape index (κ3) is 3.69. The average molecular weight is 456 g/mol. The second kappa shape index (κ2) is 7.61. The number of alkyl halides is 3. The van der Waals surface area contributed by atoms with E-state index in [1.54, 1.807) is 25.3 Å². The molecule has 1 atom stereocenters. The fraction of sp³-hybridized carbons (Fsp3) is 0.227. The summed E-state index contributed by atoms with van der Waals surface area (Å²) in [5.74, 6) is -0.981. The summed E-state index contributed by atoms with van der Waals surface area (Å²) in [5.41, 5.74) is 1.23. The summed E-state index contributed by atoms with van der Waals surface area (Å²) < 4.78 is 55.4. The number of halogens is 4. The van der Waals surface area contributed by atoms with Crippen molar-refractivity contribution in [1.29, 1.82) is 0 Å². The Morgan fingerprint density at radius 3 is 2.79 bits per heavy atom. The van der Waals surface area contributed by atoms with Crippen LogP contribution in [0.4, 0.5) is 17.6 Å². The van der Waals surface area contributed by atoms with Crippen LogP contribution in [0.25, 0.3) is 10.9 Å². The Hall–Kier alpha value is -3.89. The Morgan fingerprint density at radius 1 is 1.21 bits per heavy atom. The van der Waals surface area contributed by atoms with E-state index in [1.165, 1.54) is 4.68 Å². The van der Waals surface area contributed by atoms with E-state index in [-0.39, 0.29) is 29.8 Å². The van der Waals surface area contributed by atoms with Crippen LogP contribution in [0.1, 0.15) is 35.5 Å². The smallest absolute Gasteiger partial charge is 0.294 e. The number of H-pyrrole nitrogens is 1. The van der Waals surface area contributed by atoms with E-state index in [1.807, 2.05) is 6.07 Å². The molecule has 3 heterocycles. The number of fused-ring (bicyclic) bond motifs is 2. The lowest BCUT2D eigenvalue weighted by Crippen LogP contribution is -2.29. The number of rotatable bonds is 4. The normalized spacial score (nSPS) is 16.3. The molecule has 5 rings (SSSR count). The van der Waals surface area contributed by atoms with Crippen LogP contribution < -0.4 is 0 Å². The maximum absolute atomic E-state index is 15.0. The van der Waals surface area contributed by atoms with Crippen LogP contribution in [-0.2, 0) is 23.8 Å². The Morgan fingerprint density at radius 2 is 2.03 bits per heavy atom. The third-order valence-electron chi connectivity index (χ3n) is 5.75. The van der Waals surface area contributed by atoms with E-state index in [0.717, 1.165) is 28.6 Å². The molecule has 0 radical (unpaired) electrons. The lowest BCUT2D eigenvalue weighted by molar-refractivity contribution is -0.137. The van der Waals surface area contributed by atoms with E-state index in [9.17, 15) is 22.4 Å². The highest BCUT2D eigenvalue weighted by Crippen LogP contribution is 2.38. The van der Waals surface area contributed by atoms with Crippen molar-refractivity contribution in [2.75, 3.05) is 0 Å². The van der Waals surface area contributed by atoms with Gasteiger partial charge in [0, 0.05) is 29.4 Å². The van der Waals surface area contributed by atoms with E-state index < -0.39 is 23.6 Å². The van der Waals surface area contributed by atoms with Gasteiger partial charge in [-0.1, -0.05) is 17.7 Å². The quantitative estimate of drug-likeness (QED) is 0.470. The number of aromatic nitrogens is 6. The zero-order valence-electron chi connectivity index (χ0n) is 17.2. The van der Waals surface area contributed by atoms with E-state index in [0.29, 0.717) is 17.5 Å². The van der Waals surface area contributed by atoms with Crippen LogP contribution >= 0.6 is 0 Å². The first kappa shape index (κ1) is 21.0. The molecule has 0 saturated heterocycles. The number of carbonyl (C=O) groups is 1. The number of ketones is 1. The molecule has 33 heavy (non-hydrogen) atoms. The van der Waals surface area contributed by atoms with E-state index in [2.05, 4.69) is 25.7 Å². The molecule has 168 valence electrons. The van der Waals surface area contributed by atoms with Gasteiger partial charge in [0.1, 0.15) is 11.9 Å². The van der Waals surface area contributed by atoms with Crippen LogP contribution in [0, 0.1) is 5.82 Å². The maximum Gasteiger partial charge on any atom is 0.416 e. The summed E-state index contributed by atoms with van der Waals surface area (Å²) >= 11 is 0. The van der Waals surface area contributed by atoms with Gasteiger partial charge in [0.2, 0.25) is 0 Å². The number of tetrazole rings is 1. The number of nitrogens with zero attached hydrogens (tertiary/aromatic N) is 5. The molecule has 0 aliphatic carbocycles. The topological polar surface area (TPSA) is 89.4 Å². The zero-order chi connectivity index (χ0) is 23.3. The summed E-state index contributed by atoms with van der Waals surface area (Å²) in [5, 5.41) is 19.1. The van der Waals surface area contributed by atoms with Gasteiger partial charge < -0.3 is 0 Å². The molecule has 0 bridgehead atoms. The number of Topliss-reactive ketones (excluding diaryl/α,β-unsaturated/α-hetero) is 1. The molecule has 11 heteroatoms. The molecule has 0 fully saturated rings. The van der Waals surface area contributed by atoms with E-state index in [4.69, 9.17) is 0 Å².